The van der Waals surface area contributed by atoms with Crippen LogP contribution in [0.5, 0.6) is 11.5 Å². The smallest absolute Gasteiger partial charge is 0.234 e. The number of nitrogens with one attached hydrogen (secondary N) is 1. The molecule has 0 saturated carbocycles. The van der Waals surface area contributed by atoms with Gasteiger partial charge in [0.05, 0.1) is 25.7 Å². The lowest BCUT2D eigenvalue weighted by atomic mass is 10.2. The number of carbonyl (C=O) groups excluding carboxylic acids is 1. The molecule has 3 N–H and O–H groups in total. The number of methoxy groups -OCH3 is 2. The van der Waals surface area contributed by atoms with Crippen LogP contribution in [0.1, 0.15) is 0 Å². The average molecular weight is 318 g/mol. The number of carbonyl (C=O) groups is 1. The Morgan fingerprint density at radius 2 is 1.86 bits per heavy atom. The van der Waals surface area contributed by atoms with Gasteiger partial charge in [-0.25, -0.2) is 0 Å². The number of rotatable bonds is 6. The number of nitrogen functional groups attached to an aromatic ring is 1. The third kappa shape index (κ3) is 4.33. The lowest BCUT2D eigenvalue weighted by molar-refractivity contribution is -0.113. The molecule has 1 amide bonds. The Morgan fingerprint density at radius 3 is 2.50 bits per heavy atom. The van der Waals surface area contributed by atoms with E-state index >= 15 is 0 Å². The Hall–Kier alpha value is -2.34. The minimum Gasteiger partial charge on any atom is -0.497 e. The molecule has 2 aromatic rings. The average Bonchev–Trinajstić information content (AvgIpc) is 2.54. The standard InChI is InChI=1S/C16H18N2O3S/c1-20-12-5-8-14(15(9-12)21-2)18-16(19)10-22-13-6-3-11(17)4-7-13/h3-9H,10,17H2,1-2H3,(H,18,19). The number of anilines is 2. The van der Waals surface area contributed by atoms with Crippen molar-refractivity contribution in [2.24, 2.45) is 0 Å². The molecule has 0 unspecified atom stereocenters. The third-order valence-corrected chi connectivity index (χ3v) is 3.94. The van der Waals surface area contributed by atoms with Crippen LogP contribution in [0.4, 0.5) is 11.4 Å². The van der Waals surface area contributed by atoms with Crippen LogP contribution < -0.4 is 20.5 Å². The molecule has 0 atom stereocenters. The second-order valence-corrected chi connectivity index (χ2v) is 5.52. The summed E-state index contributed by atoms with van der Waals surface area (Å²) < 4.78 is 10.4. The Morgan fingerprint density at radius 1 is 1.14 bits per heavy atom. The van der Waals surface area contributed by atoms with Crippen LogP contribution in [0.2, 0.25) is 0 Å². The van der Waals surface area contributed by atoms with E-state index < -0.39 is 0 Å². The van der Waals surface area contributed by atoms with Crippen LogP contribution in [-0.4, -0.2) is 25.9 Å². The molecule has 0 fully saturated rings. The summed E-state index contributed by atoms with van der Waals surface area (Å²) in [5, 5.41) is 2.83. The van der Waals surface area contributed by atoms with Gasteiger partial charge >= 0.3 is 0 Å². The van der Waals surface area contributed by atoms with E-state index in [4.69, 9.17) is 15.2 Å². The first kappa shape index (κ1) is 16.0. The molecule has 2 aromatic carbocycles. The predicted molar refractivity (Wildman–Crippen MR) is 89.8 cm³/mol. The van der Waals surface area contributed by atoms with Gasteiger partial charge in [0.2, 0.25) is 5.91 Å². The van der Waals surface area contributed by atoms with Crippen molar-refractivity contribution in [1.82, 2.24) is 0 Å². The van der Waals surface area contributed by atoms with Gasteiger partial charge in [-0.1, -0.05) is 0 Å². The summed E-state index contributed by atoms with van der Waals surface area (Å²) in [6.07, 6.45) is 0. The van der Waals surface area contributed by atoms with Crippen LogP contribution in [0.3, 0.4) is 0 Å². The van der Waals surface area contributed by atoms with Gasteiger partial charge in [0.15, 0.2) is 0 Å². The van der Waals surface area contributed by atoms with E-state index in [9.17, 15) is 4.79 Å². The van der Waals surface area contributed by atoms with E-state index in [0.29, 0.717) is 28.6 Å². The number of ether oxygens (including phenoxy) is 2. The number of amides is 1. The molecule has 22 heavy (non-hydrogen) atoms. The maximum atomic E-state index is 12.0. The fraction of sp³-hybridized carbons (Fsp3) is 0.188. The van der Waals surface area contributed by atoms with Crippen molar-refractivity contribution in [3.63, 3.8) is 0 Å². The van der Waals surface area contributed by atoms with Gasteiger partial charge < -0.3 is 20.5 Å². The highest BCUT2D eigenvalue weighted by Gasteiger charge is 2.09. The molecular formula is C16H18N2O3S. The van der Waals surface area contributed by atoms with Crippen molar-refractivity contribution < 1.29 is 14.3 Å². The predicted octanol–water partition coefficient (Wildman–Crippen LogP) is 3.02. The van der Waals surface area contributed by atoms with Crippen molar-refractivity contribution in [3.8, 4) is 11.5 Å². The Bertz CT molecular complexity index is 644. The molecule has 0 saturated heterocycles. The summed E-state index contributed by atoms with van der Waals surface area (Å²) >= 11 is 1.44. The lowest BCUT2D eigenvalue weighted by Crippen LogP contribution is -2.14. The van der Waals surface area contributed by atoms with Crippen LogP contribution in [0.15, 0.2) is 47.4 Å². The number of hydrogen-bond acceptors (Lipinski definition) is 5. The lowest BCUT2D eigenvalue weighted by Gasteiger charge is -2.11. The number of benzene rings is 2. The first-order chi connectivity index (χ1) is 10.6. The highest BCUT2D eigenvalue weighted by atomic mass is 32.2. The van der Waals surface area contributed by atoms with Gasteiger partial charge in [-0.2, -0.15) is 0 Å². The Labute approximate surface area is 133 Å². The van der Waals surface area contributed by atoms with E-state index in [0.717, 1.165) is 4.90 Å². The van der Waals surface area contributed by atoms with Crippen LogP contribution in [0, 0.1) is 0 Å². The van der Waals surface area contributed by atoms with Crippen LogP contribution >= 0.6 is 11.8 Å². The van der Waals surface area contributed by atoms with Crippen molar-refractivity contribution in [2.45, 2.75) is 4.90 Å². The Balaban J connectivity index is 1.95. The van der Waals surface area contributed by atoms with Crippen molar-refractivity contribution >= 4 is 29.0 Å². The quantitative estimate of drug-likeness (QED) is 0.632. The topological polar surface area (TPSA) is 73.6 Å². The second-order valence-electron chi connectivity index (χ2n) is 4.47. The van der Waals surface area contributed by atoms with E-state index in [2.05, 4.69) is 5.32 Å². The fourth-order valence-electron chi connectivity index (χ4n) is 1.80. The normalized spacial score (nSPS) is 10.1. The molecular weight excluding hydrogens is 300 g/mol. The monoisotopic (exact) mass is 318 g/mol. The highest BCUT2D eigenvalue weighted by molar-refractivity contribution is 8.00. The van der Waals surface area contributed by atoms with Crippen molar-refractivity contribution in [1.29, 1.82) is 0 Å². The summed E-state index contributed by atoms with van der Waals surface area (Å²) in [5.74, 6) is 1.43. The van der Waals surface area contributed by atoms with Crippen molar-refractivity contribution in [2.75, 3.05) is 31.0 Å². The molecule has 0 spiro atoms. The third-order valence-electron chi connectivity index (χ3n) is 2.93. The van der Waals surface area contributed by atoms with Gasteiger partial charge in [0.25, 0.3) is 0 Å². The second kappa shape index (κ2) is 7.61. The largest absolute Gasteiger partial charge is 0.497 e. The van der Waals surface area contributed by atoms with E-state index in [1.807, 2.05) is 24.3 Å². The van der Waals surface area contributed by atoms with Crippen molar-refractivity contribution in [3.05, 3.63) is 42.5 Å². The molecule has 116 valence electrons. The molecule has 0 aliphatic heterocycles. The maximum Gasteiger partial charge on any atom is 0.234 e. The van der Waals surface area contributed by atoms with E-state index in [-0.39, 0.29) is 5.91 Å². The van der Waals surface area contributed by atoms with Gasteiger partial charge in [0.1, 0.15) is 11.5 Å². The van der Waals surface area contributed by atoms with Crippen LogP contribution in [0.25, 0.3) is 0 Å². The molecule has 0 heterocycles. The van der Waals surface area contributed by atoms with Gasteiger partial charge in [-0.15, -0.1) is 11.8 Å². The van der Waals surface area contributed by atoms with Gasteiger partial charge in [-0.3, -0.25) is 4.79 Å². The number of thioether (sulfide) groups is 1. The molecule has 2 rings (SSSR count). The van der Waals surface area contributed by atoms with E-state index in [1.54, 1.807) is 32.4 Å². The minimum atomic E-state index is -0.106. The van der Waals surface area contributed by atoms with Crippen LogP contribution in [-0.2, 0) is 4.79 Å². The summed E-state index contributed by atoms with van der Waals surface area (Å²) in [5.41, 5.74) is 6.95. The summed E-state index contributed by atoms with van der Waals surface area (Å²) in [7, 11) is 3.13. The first-order valence-corrected chi connectivity index (χ1v) is 7.61. The van der Waals surface area contributed by atoms with Gasteiger partial charge in [-0.05, 0) is 36.4 Å². The highest BCUT2D eigenvalue weighted by Crippen LogP contribution is 2.29. The Kier molecular flexibility index (Phi) is 5.55. The summed E-state index contributed by atoms with van der Waals surface area (Å²) in [4.78, 5) is 13.0. The molecule has 6 heteroatoms. The zero-order valence-electron chi connectivity index (χ0n) is 12.5. The molecule has 0 radical (unpaired) electrons. The maximum absolute atomic E-state index is 12.0. The van der Waals surface area contributed by atoms with Gasteiger partial charge in [0, 0.05) is 16.6 Å². The SMILES string of the molecule is COc1ccc(NC(=O)CSc2ccc(N)cc2)c(OC)c1. The fourth-order valence-corrected chi connectivity index (χ4v) is 2.50. The number of nitrogens with two attached hydrogens (primary N) is 1. The number of hydrogen-bond donors (Lipinski definition) is 2. The zero-order valence-corrected chi connectivity index (χ0v) is 13.3. The summed E-state index contributed by atoms with van der Waals surface area (Å²) in [6, 6.07) is 12.7. The first-order valence-electron chi connectivity index (χ1n) is 6.62. The molecule has 5 nitrogen and oxygen atoms in total. The molecule has 0 aliphatic rings. The van der Waals surface area contributed by atoms with E-state index in [1.165, 1.54) is 11.8 Å². The summed E-state index contributed by atoms with van der Waals surface area (Å²) in [6.45, 7) is 0. The molecule has 0 aliphatic carbocycles. The zero-order chi connectivity index (χ0) is 15.9. The molecule has 0 bridgehead atoms. The molecule has 0 aromatic heterocycles. The minimum absolute atomic E-state index is 0.106.